The summed E-state index contributed by atoms with van der Waals surface area (Å²) in [4.78, 5) is 27.2. The number of ether oxygens (including phenoxy) is 2. The van der Waals surface area contributed by atoms with Gasteiger partial charge in [-0.3, -0.25) is 4.79 Å². The number of nitrogens with one attached hydrogen (secondary N) is 1. The van der Waals surface area contributed by atoms with E-state index >= 15 is 0 Å². The molecule has 2 heterocycles. The smallest absolute Gasteiger partial charge is 0.317 e. The number of para-hydroxylation sites is 2. The highest BCUT2D eigenvalue weighted by Crippen LogP contribution is 2.30. The van der Waals surface area contributed by atoms with Gasteiger partial charge in [-0.15, -0.1) is 0 Å². The first-order valence-electron chi connectivity index (χ1n) is 8.68. The number of rotatable bonds is 3. The first-order chi connectivity index (χ1) is 12.0. The summed E-state index contributed by atoms with van der Waals surface area (Å²) in [5.74, 6) is 1.55. The Bertz CT molecular complexity index is 629. The number of benzene rings is 1. The highest BCUT2D eigenvalue weighted by molar-refractivity contribution is 5.75. The zero-order valence-corrected chi connectivity index (χ0v) is 14.7. The van der Waals surface area contributed by atoms with Crippen molar-refractivity contribution in [2.75, 3.05) is 33.3 Å². The lowest BCUT2D eigenvalue weighted by Gasteiger charge is -2.33. The molecule has 0 aromatic heterocycles. The summed E-state index contributed by atoms with van der Waals surface area (Å²) in [5.41, 5.74) is 0. The summed E-state index contributed by atoms with van der Waals surface area (Å²) >= 11 is 0. The number of amides is 3. The third kappa shape index (κ3) is 4.35. The molecule has 2 aliphatic rings. The number of hydrogen-bond acceptors (Lipinski definition) is 4. The van der Waals surface area contributed by atoms with Crippen LogP contribution in [0.1, 0.15) is 19.8 Å². The minimum absolute atomic E-state index is 0.0941. The number of urea groups is 1. The van der Waals surface area contributed by atoms with Crippen molar-refractivity contribution < 1.29 is 19.1 Å². The van der Waals surface area contributed by atoms with Crippen LogP contribution in [-0.2, 0) is 4.79 Å². The molecule has 0 bridgehead atoms. The molecule has 7 heteroatoms. The Balaban J connectivity index is 1.45. The van der Waals surface area contributed by atoms with E-state index < -0.39 is 0 Å². The fourth-order valence-corrected chi connectivity index (χ4v) is 3.16. The summed E-state index contributed by atoms with van der Waals surface area (Å²) in [5, 5.41) is 3.04. The van der Waals surface area contributed by atoms with Crippen LogP contribution in [0.2, 0.25) is 0 Å². The molecule has 3 amide bonds. The topological polar surface area (TPSA) is 71.1 Å². The van der Waals surface area contributed by atoms with Crippen molar-refractivity contribution in [3.8, 4) is 11.5 Å². The van der Waals surface area contributed by atoms with E-state index in [-0.39, 0.29) is 24.1 Å². The maximum absolute atomic E-state index is 12.4. The summed E-state index contributed by atoms with van der Waals surface area (Å²) in [6, 6.07) is 7.52. The number of likely N-dealkylation sites (N-methyl/N-ethyl adjacent to an activating group) is 1. The second-order valence-corrected chi connectivity index (χ2v) is 6.61. The molecule has 0 spiro atoms. The second kappa shape index (κ2) is 7.63. The van der Waals surface area contributed by atoms with E-state index in [1.165, 1.54) is 0 Å². The van der Waals surface area contributed by atoms with Crippen LogP contribution in [0, 0.1) is 0 Å². The van der Waals surface area contributed by atoms with E-state index in [1.54, 1.807) is 18.9 Å². The molecule has 0 aliphatic carbocycles. The highest BCUT2D eigenvalue weighted by atomic mass is 16.6. The van der Waals surface area contributed by atoms with E-state index in [0.29, 0.717) is 32.0 Å². The fraction of sp³-hybridized carbons (Fsp3) is 0.556. The number of likely N-dealkylation sites (tertiary alicyclic amines) is 1. The third-order valence-electron chi connectivity index (χ3n) is 4.66. The van der Waals surface area contributed by atoms with Gasteiger partial charge in [0.25, 0.3) is 0 Å². The standard InChI is InChI=1S/C18H25N3O4/c1-13(22)21-9-7-14(8-10-21)19-18(23)20(2)11-15-12-24-16-5-3-4-6-17(16)25-15/h3-6,14-15H,7-12H2,1-2H3,(H,19,23)/t15-/m1/s1. The van der Waals surface area contributed by atoms with Crippen molar-refractivity contribution in [2.24, 2.45) is 0 Å². The molecule has 1 aromatic carbocycles. The molecule has 1 aromatic rings. The molecule has 0 radical (unpaired) electrons. The first kappa shape index (κ1) is 17.4. The molecule has 1 fully saturated rings. The van der Waals surface area contributed by atoms with Crippen LogP contribution in [0.5, 0.6) is 11.5 Å². The van der Waals surface area contributed by atoms with Crippen molar-refractivity contribution >= 4 is 11.9 Å². The average molecular weight is 347 g/mol. The van der Waals surface area contributed by atoms with E-state index in [0.717, 1.165) is 18.6 Å². The van der Waals surface area contributed by atoms with Gasteiger partial charge in [-0.25, -0.2) is 4.79 Å². The SMILES string of the molecule is CC(=O)N1CCC(NC(=O)N(C)C[C@@H]2COc3ccccc3O2)CC1. The Morgan fingerprint density at radius 3 is 2.60 bits per heavy atom. The molecule has 2 aliphatic heterocycles. The Kier molecular flexibility index (Phi) is 5.31. The lowest BCUT2D eigenvalue weighted by molar-refractivity contribution is -0.129. The summed E-state index contributed by atoms with van der Waals surface area (Å²) in [6.45, 7) is 3.84. The van der Waals surface area contributed by atoms with Crippen molar-refractivity contribution in [2.45, 2.75) is 31.9 Å². The van der Waals surface area contributed by atoms with Crippen molar-refractivity contribution in [1.82, 2.24) is 15.1 Å². The number of hydrogen-bond donors (Lipinski definition) is 1. The molecular formula is C18H25N3O4. The van der Waals surface area contributed by atoms with Crippen molar-refractivity contribution in [3.63, 3.8) is 0 Å². The Labute approximate surface area is 147 Å². The minimum Gasteiger partial charge on any atom is -0.486 e. The van der Waals surface area contributed by atoms with Gasteiger partial charge < -0.3 is 24.6 Å². The van der Waals surface area contributed by atoms with Gasteiger partial charge in [-0.2, -0.15) is 0 Å². The largest absolute Gasteiger partial charge is 0.486 e. The lowest BCUT2D eigenvalue weighted by Crippen LogP contribution is -2.51. The zero-order chi connectivity index (χ0) is 17.8. The van der Waals surface area contributed by atoms with Gasteiger partial charge in [-0.05, 0) is 25.0 Å². The van der Waals surface area contributed by atoms with Crippen LogP contribution >= 0.6 is 0 Å². The predicted molar refractivity (Wildman–Crippen MR) is 92.8 cm³/mol. The summed E-state index contributed by atoms with van der Waals surface area (Å²) < 4.78 is 11.6. The molecule has 1 atom stereocenters. The molecule has 3 rings (SSSR count). The molecular weight excluding hydrogens is 322 g/mol. The molecule has 0 saturated carbocycles. The van der Waals surface area contributed by atoms with Gasteiger partial charge in [0.05, 0.1) is 6.54 Å². The normalized spacial score (nSPS) is 20.1. The number of carbonyl (C=O) groups is 2. The van der Waals surface area contributed by atoms with Gasteiger partial charge in [0.15, 0.2) is 17.6 Å². The van der Waals surface area contributed by atoms with Gasteiger partial charge in [-0.1, -0.05) is 12.1 Å². The van der Waals surface area contributed by atoms with Gasteiger partial charge >= 0.3 is 6.03 Å². The van der Waals surface area contributed by atoms with Crippen molar-refractivity contribution in [1.29, 1.82) is 0 Å². The highest BCUT2D eigenvalue weighted by Gasteiger charge is 2.26. The number of nitrogens with zero attached hydrogens (tertiary/aromatic N) is 2. The van der Waals surface area contributed by atoms with Gasteiger partial charge in [0.2, 0.25) is 5.91 Å². The number of fused-ring (bicyclic) bond motifs is 1. The molecule has 7 nitrogen and oxygen atoms in total. The van der Waals surface area contributed by atoms with E-state index in [9.17, 15) is 9.59 Å². The van der Waals surface area contributed by atoms with Crippen LogP contribution in [0.4, 0.5) is 4.79 Å². The predicted octanol–water partition coefficient (Wildman–Crippen LogP) is 1.48. The van der Waals surface area contributed by atoms with E-state index in [4.69, 9.17) is 9.47 Å². The minimum atomic E-state index is -0.190. The van der Waals surface area contributed by atoms with E-state index in [2.05, 4.69) is 5.32 Å². The number of piperidine rings is 1. The van der Waals surface area contributed by atoms with Crippen LogP contribution in [0.15, 0.2) is 24.3 Å². The van der Waals surface area contributed by atoms with E-state index in [1.807, 2.05) is 29.2 Å². The third-order valence-corrected chi connectivity index (χ3v) is 4.66. The van der Waals surface area contributed by atoms with Crippen LogP contribution in [0.3, 0.4) is 0 Å². The maximum Gasteiger partial charge on any atom is 0.317 e. The van der Waals surface area contributed by atoms with Crippen LogP contribution < -0.4 is 14.8 Å². The molecule has 136 valence electrons. The van der Waals surface area contributed by atoms with Gasteiger partial charge in [0.1, 0.15) is 6.61 Å². The second-order valence-electron chi connectivity index (χ2n) is 6.61. The Morgan fingerprint density at radius 2 is 1.92 bits per heavy atom. The quantitative estimate of drug-likeness (QED) is 0.899. The summed E-state index contributed by atoms with van der Waals surface area (Å²) in [7, 11) is 1.75. The molecule has 0 unspecified atom stereocenters. The summed E-state index contributed by atoms with van der Waals surface area (Å²) in [6.07, 6.45) is 1.38. The zero-order valence-electron chi connectivity index (χ0n) is 14.7. The fourth-order valence-electron chi connectivity index (χ4n) is 3.16. The maximum atomic E-state index is 12.4. The van der Waals surface area contributed by atoms with Gasteiger partial charge in [0, 0.05) is 33.1 Å². The van der Waals surface area contributed by atoms with Crippen LogP contribution in [-0.4, -0.2) is 67.2 Å². The lowest BCUT2D eigenvalue weighted by atomic mass is 10.1. The Hall–Kier alpha value is -2.44. The molecule has 1 saturated heterocycles. The first-order valence-corrected chi connectivity index (χ1v) is 8.68. The van der Waals surface area contributed by atoms with Crippen LogP contribution in [0.25, 0.3) is 0 Å². The molecule has 25 heavy (non-hydrogen) atoms. The Morgan fingerprint density at radius 1 is 1.24 bits per heavy atom. The number of carbonyl (C=O) groups excluding carboxylic acids is 2. The molecule has 1 N–H and O–H groups in total. The average Bonchev–Trinajstić information content (AvgIpc) is 2.62. The monoisotopic (exact) mass is 347 g/mol. The van der Waals surface area contributed by atoms with Crippen molar-refractivity contribution in [3.05, 3.63) is 24.3 Å².